The minimum atomic E-state index is -0.846. The topological polar surface area (TPSA) is 73.8 Å². The number of benzene rings is 2. The molecular formula is C20H14F2N4O2S. The predicted octanol–water partition coefficient (Wildman–Crippen LogP) is 4.22. The Morgan fingerprint density at radius 1 is 1.14 bits per heavy atom. The second kappa shape index (κ2) is 7.07. The van der Waals surface area contributed by atoms with Gasteiger partial charge in [0.15, 0.2) is 11.0 Å². The summed E-state index contributed by atoms with van der Waals surface area (Å²) in [7, 11) is 0. The van der Waals surface area contributed by atoms with Crippen molar-refractivity contribution in [3.8, 4) is 5.69 Å². The summed E-state index contributed by atoms with van der Waals surface area (Å²) in [6, 6.07) is 9.90. The fraction of sp³-hybridized carbons (Fsp3) is 0.200. The van der Waals surface area contributed by atoms with Gasteiger partial charge in [-0.1, -0.05) is 29.1 Å². The maximum Gasteiger partial charge on any atom is 0.266 e. The molecule has 1 aliphatic carbocycles. The minimum absolute atomic E-state index is 0.0658. The highest BCUT2D eigenvalue weighted by Gasteiger charge is 2.29. The van der Waals surface area contributed by atoms with Gasteiger partial charge in [-0.25, -0.2) is 13.8 Å². The van der Waals surface area contributed by atoms with Crippen molar-refractivity contribution in [2.24, 2.45) is 0 Å². The van der Waals surface area contributed by atoms with E-state index in [1.807, 2.05) is 0 Å². The highest BCUT2D eigenvalue weighted by molar-refractivity contribution is 7.98. The Balaban J connectivity index is 1.59. The van der Waals surface area contributed by atoms with Crippen LogP contribution in [-0.4, -0.2) is 19.7 Å². The molecule has 0 N–H and O–H groups in total. The van der Waals surface area contributed by atoms with Crippen LogP contribution in [0.5, 0.6) is 0 Å². The van der Waals surface area contributed by atoms with E-state index in [9.17, 15) is 13.6 Å². The van der Waals surface area contributed by atoms with Crippen LogP contribution in [-0.2, 0) is 5.75 Å². The van der Waals surface area contributed by atoms with E-state index in [2.05, 4.69) is 15.1 Å². The third-order valence-corrected chi connectivity index (χ3v) is 5.57. The summed E-state index contributed by atoms with van der Waals surface area (Å²) >= 11 is 1.19. The van der Waals surface area contributed by atoms with Crippen molar-refractivity contribution >= 4 is 22.7 Å². The third kappa shape index (κ3) is 3.42. The van der Waals surface area contributed by atoms with Crippen molar-refractivity contribution in [3.63, 3.8) is 0 Å². The maximum absolute atomic E-state index is 14.5. The van der Waals surface area contributed by atoms with Gasteiger partial charge in [0, 0.05) is 12.0 Å². The molecule has 146 valence electrons. The normalized spacial score (nSPS) is 13.9. The average Bonchev–Trinajstić information content (AvgIpc) is 3.46. The SMILES string of the molecule is O=c1c2ccccc2nc(SCc2noc(C3CC3)n2)n1-c1ccc(F)cc1F. The van der Waals surface area contributed by atoms with Crippen LogP contribution in [0.4, 0.5) is 8.78 Å². The van der Waals surface area contributed by atoms with Gasteiger partial charge < -0.3 is 4.52 Å². The molecule has 9 heteroatoms. The summed E-state index contributed by atoms with van der Waals surface area (Å²) in [6.45, 7) is 0. The van der Waals surface area contributed by atoms with E-state index < -0.39 is 17.2 Å². The van der Waals surface area contributed by atoms with Gasteiger partial charge in [0.25, 0.3) is 5.56 Å². The Morgan fingerprint density at radius 2 is 1.97 bits per heavy atom. The lowest BCUT2D eigenvalue weighted by Crippen LogP contribution is -2.22. The molecule has 2 aromatic heterocycles. The fourth-order valence-electron chi connectivity index (χ4n) is 3.04. The molecule has 1 aliphatic rings. The van der Waals surface area contributed by atoms with Crippen LogP contribution in [0.1, 0.15) is 30.5 Å². The van der Waals surface area contributed by atoms with Gasteiger partial charge in [0.05, 0.1) is 22.3 Å². The number of fused-ring (bicyclic) bond motifs is 1. The van der Waals surface area contributed by atoms with E-state index in [1.165, 1.54) is 17.8 Å². The molecule has 0 radical (unpaired) electrons. The Morgan fingerprint density at radius 3 is 2.76 bits per heavy atom. The first-order valence-corrected chi connectivity index (χ1v) is 10.0. The summed E-state index contributed by atoms with van der Waals surface area (Å²) in [4.78, 5) is 22.0. The Hall–Kier alpha value is -3.07. The quantitative estimate of drug-likeness (QED) is 0.361. The molecule has 5 rings (SSSR count). The lowest BCUT2D eigenvalue weighted by molar-refractivity contribution is 0.375. The first-order valence-electron chi connectivity index (χ1n) is 9.02. The summed E-state index contributed by atoms with van der Waals surface area (Å²) < 4.78 is 34.3. The average molecular weight is 412 g/mol. The number of halogens is 2. The lowest BCUT2D eigenvalue weighted by Gasteiger charge is -2.13. The lowest BCUT2D eigenvalue weighted by atomic mass is 10.2. The van der Waals surface area contributed by atoms with Crippen molar-refractivity contribution in [1.82, 2.24) is 19.7 Å². The fourth-order valence-corrected chi connectivity index (χ4v) is 3.88. The van der Waals surface area contributed by atoms with Crippen LogP contribution in [0.3, 0.4) is 0 Å². The molecule has 6 nitrogen and oxygen atoms in total. The largest absolute Gasteiger partial charge is 0.339 e. The van der Waals surface area contributed by atoms with Gasteiger partial charge in [-0.05, 0) is 37.1 Å². The van der Waals surface area contributed by atoms with E-state index >= 15 is 0 Å². The zero-order valence-electron chi connectivity index (χ0n) is 15.0. The molecule has 0 spiro atoms. The van der Waals surface area contributed by atoms with Crippen molar-refractivity contribution in [2.75, 3.05) is 0 Å². The van der Waals surface area contributed by atoms with Gasteiger partial charge in [0.1, 0.15) is 11.6 Å². The molecule has 2 heterocycles. The molecule has 4 aromatic rings. The van der Waals surface area contributed by atoms with Crippen LogP contribution in [0.15, 0.2) is 56.9 Å². The van der Waals surface area contributed by atoms with E-state index in [0.717, 1.165) is 29.5 Å². The molecule has 0 bridgehead atoms. The van der Waals surface area contributed by atoms with Crippen LogP contribution >= 0.6 is 11.8 Å². The number of thioether (sulfide) groups is 1. The standard InChI is InChI=1S/C20H14F2N4O2S/c21-12-7-8-16(14(22)9-12)26-19(27)13-3-1-2-4-15(13)23-20(26)29-10-17-24-18(28-25-17)11-5-6-11/h1-4,7-9,11H,5-6,10H2. The molecule has 1 saturated carbocycles. The number of hydrogen-bond donors (Lipinski definition) is 0. The zero-order chi connectivity index (χ0) is 20.0. The number of aromatic nitrogens is 4. The number of nitrogens with zero attached hydrogens (tertiary/aromatic N) is 4. The molecule has 0 aliphatic heterocycles. The number of hydrogen-bond acceptors (Lipinski definition) is 6. The van der Waals surface area contributed by atoms with Crippen LogP contribution in [0.2, 0.25) is 0 Å². The van der Waals surface area contributed by atoms with E-state index in [-0.39, 0.29) is 10.8 Å². The first-order chi connectivity index (χ1) is 14.1. The minimum Gasteiger partial charge on any atom is -0.339 e. The van der Waals surface area contributed by atoms with Crippen molar-refractivity contribution in [1.29, 1.82) is 0 Å². The number of rotatable bonds is 5. The van der Waals surface area contributed by atoms with Crippen LogP contribution in [0.25, 0.3) is 16.6 Å². The highest BCUT2D eigenvalue weighted by atomic mass is 32.2. The van der Waals surface area contributed by atoms with Gasteiger partial charge >= 0.3 is 0 Å². The molecule has 0 atom stereocenters. The Labute approximate surface area is 167 Å². The summed E-state index contributed by atoms with van der Waals surface area (Å²) in [6.07, 6.45) is 2.09. The van der Waals surface area contributed by atoms with Gasteiger partial charge in [-0.3, -0.25) is 9.36 Å². The van der Waals surface area contributed by atoms with Crippen molar-refractivity contribution in [2.45, 2.75) is 29.7 Å². The third-order valence-electron chi connectivity index (χ3n) is 4.64. The first kappa shape index (κ1) is 18.0. The summed E-state index contributed by atoms with van der Waals surface area (Å²) in [5.74, 6) is 0.165. The van der Waals surface area contributed by atoms with E-state index in [4.69, 9.17) is 4.52 Å². The number of para-hydroxylation sites is 1. The van der Waals surface area contributed by atoms with E-state index in [0.29, 0.717) is 34.3 Å². The van der Waals surface area contributed by atoms with Gasteiger partial charge in [-0.15, -0.1) is 0 Å². The van der Waals surface area contributed by atoms with Gasteiger partial charge in [-0.2, -0.15) is 4.98 Å². The molecule has 0 unspecified atom stereocenters. The monoisotopic (exact) mass is 412 g/mol. The second-order valence-electron chi connectivity index (χ2n) is 6.76. The smallest absolute Gasteiger partial charge is 0.266 e. The maximum atomic E-state index is 14.5. The van der Waals surface area contributed by atoms with E-state index in [1.54, 1.807) is 24.3 Å². The zero-order valence-corrected chi connectivity index (χ0v) is 15.8. The molecule has 0 amide bonds. The predicted molar refractivity (Wildman–Crippen MR) is 103 cm³/mol. The molecule has 2 aromatic carbocycles. The molecular weight excluding hydrogens is 398 g/mol. The molecule has 29 heavy (non-hydrogen) atoms. The molecule has 0 saturated heterocycles. The van der Waals surface area contributed by atoms with Crippen molar-refractivity contribution < 1.29 is 13.3 Å². The summed E-state index contributed by atoms with van der Waals surface area (Å²) in [5, 5.41) is 4.57. The Bertz CT molecular complexity index is 1280. The summed E-state index contributed by atoms with van der Waals surface area (Å²) in [5.41, 5.74) is -0.00937. The van der Waals surface area contributed by atoms with Crippen LogP contribution < -0.4 is 5.56 Å². The van der Waals surface area contributed by atoms with Crippen LogP contribution in [0, 0.1) is 11.6 Å². The molecule has 1 fully saturated rings. The highest BCUT2D eigenvalue weighted by Crippen LogP contribution is 2.39. The second-order valence-corrected chi connectivity index (χ2v) is 7.70. The Kier molecular flexibility index (Phi) is 4.39. The van der Waals surface area contributed by atoms with Crippen molar-refractivity contribution in [3.05, 3.63) is 76.2 Å². The van der Waals surface area contributed by atoms with Gasteiger partial charge in [0.2, 0.25) is 5.89 Å².